The summed E-state index contributed by atoms with van der Waals surface area (Å²) in [6.07, 6.45) is 5.94. The molecule has 0 radical (unpaired) electrons. The van der Waals surface area contributed by atoms with Crippen LogP contribution in [0.25, 0.3) is 0 Å². The summed E-state index contributed by atoms with van der Waals surface area (Å²) in [4.78, 5) is 15.1. The molecule has 26 heavy (non-hydrogen) atoms. The predicted octanol–water partition coefficient (Wildman–Crippen LogP) is 2.00. The van der Waals surface area contributed by atoms with Gasteiger partial charge in [-0.1, -0.05) is 6.92 Å². The van der Waals surface area contributed by atoms with Crippen LogP contribution in [0.3, 0.4) is 0 Å². The topological polar surface area (TPSA) is 69.7 Å². The molecule has 0 atom stereocenters. The Morgan fingerprint density at radius 3 is 2.62 bits per heavy atom. The predicted molar refractivity (Wildman–Crippen MR) is 104 cm³/mol. The van der Waals surface area contributed by atoms with E-state index in [1.807, 2.05) is 6.07 Å². The number of hydrogen-bond donors (Lipinski definition) is 1. The molecule has 0 saturated carbocycles. The summed E-state index contributed by atoms with van der Waals surface area (Å²) in [7, 11) is -3.28. The van der Waals surface area contributed by atoms with Crippen LogP contribution in [0.15, 0.2) is 18.2 Å². The first-order valence-electron chi connectivity index (χ1n) is 9.52. The lowest BCUT2D eigenvalue weighted by Gasteiger charge is -2.32. The summed E-state index contributed by atoms with van der Waals surface area (Å²) in [6, 6.07) is 5.59. The van der Waals surface area contributed by atoms with Crippen LogP contribution in [-0.2, 0) is 16.4 Å². The third-order valence-corrected chi connectivity index (χ3v) is 6.46. The highest BCUT2D eigenvalue weighted by Crippen LogP contribution is 2.30. The number of benzene rings is 1. The lowest BCUT2D eigenvalue weighted by Crippen LogP contribution is -2.44. The van der Waals surface area contributed by atoms with Gasteiger partial charge in [0, 0.05) is 31.2 Å². The van der Waals surface area contributed by atoms with Gasteiger partial charge < -0.3 is 10.2 Å². The number of piperidine rings is 1. The van der Waals surface area contributed by atoms with Crippen molar-refractivity contribution < 1.29 is 13.2 Å². The van der Waals surface area contributed by atoms with Gasteiger partial charge in [0.05, 0.1) is 11.9 Å². The summed E-state index contributed by atoms with van der Waals surface area (Å²) in [6.45, 7) is 5.89. The molecule has 0 aliphatic carbocycles. The lowest BCUT2D eigenvalue weighted by molar-refractivity contribution is 0.0911. The van der Waals surface area contributed by atoms with E-state index in [1.54, 1.807) is 12.1 Å². The van der Waals surface area contributed by atoms with E-state index in [9.17, 15) is 13.2 Å². The Labute approximate surface area is 156 Å². The number of sulfonamides is 1. The van der Waals surface area contributed by atoms with E-state index in [0.717, 1.165) is 57.3 Å². The fourth-order valence-corrected chi connectivity index (χ4v) is 4.93. The van der Waals surface area contributed by atoms with Crippen LogP contribution in [0.1, 0.15) is 48.5 Å². The van der Waals surface area contributed by atoms with E-state index in [-0.39, 0.29) is 11.9 Å². The quantitative estimate of drug-likeness (QED) is 0.850. The largest absolute Gasteiger partial charge is 0.349 e. The molecular formula is C19H29N3O3S. The van der Waals surface area contributed by atoms with Gasteiger partial charge in [-0.05, 0) is 62.4 Å². The van der Waals surface area contributed by atoms with Gasteiger partial charge in [-0.15, -0.1) is 0 Å². The van der Waals surface area contributed by atoms with Gasteiger partial charge >= 0.3 is 0 Å². The number of likely N-dealkylation sites (tertiary alicyclic amines) is 1. The van der Waals surface area contributed by atoms with Crippen molar-refractivity contribution in [3.63, 3.8) is 0 Å². The van der Waals surface area contributed by atoms with Gasteiger partial charge in [0.1, 0.15) is 0 Å². The van der Waals surface area contributed by atoms with E-state index < -0.39 is 10.0 Å². The number of hydrogen-bond acceptors (Lipinski definition) is 4. The number of nitrogens with zero attached hydrogens (tertiary/aromatic N) is 2. The zero-order valence-corrected chi connectivity index (χ0v) is 16.5. The molecule has 1 N–H and O–H groups in total. The molecule has 1 amide bonds. The third kappa shape index (κ3) is 4.38. The van der Waals surface area contributed by atoms with Crippen LogP contribution in [0, 0.1) is 0 Å². The maximum atomic E-state index is 12.6. The minimum Gasteiger partial charge on any atom is -0.349 e. The average molecular weight is 380 g/mol. The zero-order chi connectivity index (χ0) is 18.7. The standard InChI is InChI=1S/C19H29N3O3S/c1-3-10-21-12-8-17(9-13-21)20-19(23)16-6-7-18-15(14-16)5-4-11-22(18)26(2,24)25/h6-7,14,17H,3-5,8-13H2,1-2H3,(H,20,23). The van der Waals surface area contributed by atoms with Crippen LogP contribution >= 0.6 is 0 Å². The summed E-state index contributed by atoms with van der Waals surface area (Å²) in [5, 5.41) is 3.15. The van der Waals surface area contributed by atoms with Crippen molar-refractivity contribution in [3.8, 4) is 0 Å². The molecule has 6 nitrogen and oxygen atoms in total. The summed E-state index contributed by atoms with van der Waals surface area (Å²) < 4.78 is 25.3. The van der Waals surface area contributed by atoms with Crippen molar-refractivity contribution in [1.29, 1.82) is 0 Å². The first-order valence-corrected chi connectivity index (χ1v) is 11.4. The van der Waals surface area contributed by atoms with Gasteiger partial charge in [-0.25, -0.2) is 8.42 Å². The minimum absolute atomic E-state index is 0.0572. The Kier molecular flexibility index (Phi) is 5.87. The van der Waals surface area contributed by atoms with Crippen molar-refractivity contribution in [3.05, 3.63) is 29.3 Å². The molecule has 0 bridgehead atoms. The van der Waals surface area contributed by atoms with Gasteiger partial charge in [0.15, 0.2) is 0 Å². The van der Waals surface area contributed by atoms with E-state index in [1.165, 1.54) is 10.6 Å². The SMILES string of the molecule is CCCN1CCC(NC(=O)c2ccc3c(c2)CCCN3S(C)(=O)=O)CC1. The maximum absolute atomic E-state index is 12.6. The first kappa shape index (κ1) is 19.2. The van der Waals surface area contributed by atoms with E-state index in [4.69, 9.17) is 0 Å². The highest BCUT2D eigenvalue weighted by Gasteiger charge is 2.25. The summed E-state index contributed by atoms with van der Waals surface area (Å²) >= 11 is 0. The molecule has 1 aromatic rings. The minimum atomic E-state index is -3.28. The lowest BCUT2D eigenvalue weighted by atomic mass is 9.99. The molecule has 0 unspecified atom stereocenters. The average Bonchev–Trinajstić information content (AvgIpc) is 2.61. The molecule has 2 heterocycles. The molecule has 3 rings (SSSR count). The van der Waals surface area contributed by atoms with Crippen molar-refractivity contribution in [2.45, 2.75) is 45.1 Å². The zero-order valence-electron chi connectivity index (χ0n) is 15.7. The number of nitrogens with one attached hydrogen (secondary N) is 1. The highest BCUT2D eigenvalue weighted by atomic mass is 32.2. The molecule has 7 heteroatoms. The van der Waals surface area contributed by atoms with Crippen molar-refractivity contribution in [2.24, 2.45) is 0 Å². The first-order chi connectivity index (χ1) is 12.4. The Morgan fingerprint density at radius 2 is 1.96 bits per heavy atom. The molecule has 1 fully saturated rings. The monoisotopic (exact) mass is 379 g/mol. The second kappa shape index (κ2) is 7.96. The van der Waals surface area contributed by atoms with Crippen LogP contribution < -0.4 is 9.62 Å². The molecule has 144 valence electrons. The van der Waals surface area contributed by atoms with E-state index in [0.29, 0.717) is 17.8 Å². The second-order valence-electron chi connectivity index (χ2n) is 7.37. The van der Waals surface area contributed by atoms with Crippen molar-refractivity contribution >= 4 is 21.6 Å². The van der Waals surface area contributed by atoms with Crippen molar-refractivity contribution in [2.75, 3.05) is 36.7 Å². The van der Waals surface area contributed by atoms with Gasteiger partial charge in [-0.3, -0.25) is 9.10 Å². The summed E-state index contributed by atoms with van der Waals surface area (Å²) in [5.74, 6) is -0.0572. The smallest absolute Gasteiger partial charge is 0.251 e. The number of amides is 1. The van der Waals surface area contributed by atoms with Crippen LogP contribution in [-0.4, -0.2) is 57.7 Å². The van der Waals surface area contributed by atoms with E-state index >= 15 is 0 Å². The van der Waals surface area contributed by atoms with Gasteiger partial charge in [-0.2, -0.15) is 0 Å². The highest BCUT2D eigenvalue weighted by molar-refractivity contribution is 7.92. The van der Waals surface area contributed by atoms with Crippen LogP contribution in [0.5, 0.6) is 0 Å². The number of carbonyl (C=O) groups excluding carboxylic acids is 1. The number of fused-ring (bicyclic) bond motifs is 1. The van der Waals surface area contributed by atoms with Gasteiger partial charge in [0.25, 0.3) is 5.91 Å². The van der Waals surface area contributed by atoms with Crippen molar-refractivity contribution in [1.82, 2.24) is 10.2 Å². The molecule has 0 spiro atoms. The molecule has 2 aliphatic heterocycles. The van der Waals surface area contributed by atoms with E-state index in [2.05, 4.69) is 17.1 Å². The summed E-state index contributed by atoms with van der Waals surface area (Å²) in [5.41, 5.74) is 2.27. The normalized spacial score (nSPS) is 19.2. The number of carbonyl (C=O) groups is 1. The number of anilines is 1. The number of rotatable bonds is 5. The molecular weight excluding hydrogens is 350 g/mol. The Bertz CT molecular complexity index is 755. The van der Waals surface area contributed by atoms with Crippen LogP contribution in [0.4, 0.5) is 5.69 Å². The Hall–Kier alpha value is -1.60. The third-order valence-electron chi connectivity index (χ3n) is 5.28. The van der Waals surface area contributed by atoms with Crippen LogP contribution in [0.2, 0.25) is 0 Å². The second-order valence-corrected chi connectivity index (χ2v) is 9.28. The Morgan fingerprint density at radius 1 is 1.23 bits per heavy atom. The number of aryl methyl sites for hydroxylation is 1. The Balaban J connectivity index is 1.66. The molecule has 1 saturated heterocycles. The fourth-order valence-electron chi connectivity index (χ4n) is 3.93. The molecule has 1 aromatic carbocycles. The van der Waals surface area contributed by atoms with Gasteiger partial charge in [0.2, 0.25) is 10.0 Å². The maximum Gasteiger partial charge on any atom is 0.251 e. The molecule has 2 aliphatic rings. The molecule has 0 aromatic heterocycles. The fraction of sp³-hybridized carbons (Fsp3) is 0.632.